The van der Waals surface area contributed by atoms with Crippen LogP contribution in [0.2, 0.25) is 0 Å². The number of carbonyl (C=O) groups excluding carboxylic acids is 1. The Morgan fingerprint density at radius 1 is 0.882 bits per heavy atom. The number of halogens is 5. The molecule has 5 nitrogen and oxygen atoms in total. The van der Waals surface area contributed by atoms with E-state index in [2.05, 4.69) is 4.74 Å². The van der Waals surface area contributed by atoms with Crippen LogP contribution in [0.4, 0.5) is 22.0 Å². The Balaban J connectivity index is 2.77. The van der Waals surface area contributed by atoms with Crippen molar-refractivity contribution in [1.29, 1.82) is 0 Å². The van der Waals surface area contributed by atoms with Gasteiger partial charge in [0, 0.05) is 0 Å². The fourth-order valence-corrected chi connectivity index (χ4v) is 5.71. The van der Waals surface area contributed by atoms with Crippen molar-refractivity contribution in [3.63, 3.8) is 0 Å². The third kappa shape index (κ3) is 6.29. The number of benzene rings is 2. The van der Waals surface area contributed by atoms with Gasteiger partial charge in [-0.25, -0.2) is 22.7 Å². The van der Waals surface area contributed by atoms with Gasteiger partial charge in [-0.15, -0.1) is 0 Å². The van der Waals surface area contributed by atoms with Crippen LogP contribution in [0.5, 0.6) is 11.5 Å². The molecule has 0 amide bonds. The summed E-state index contributed by atoms with van der Waals surface area (Å²) in [6.45, 7) is 8.05. The van der Waals surface area contributed by atoms with E-state index in [1.807, 2.05) is 6.92 Å². The first-order chi connectivity index (χ1) is 15.9. The van der Waals surface area contributed by atoms with Gasteiger partial charge in [-0.05, 0) is 39.3 Å². The molecule has 0 aliphatic carbocycles. The molecule has 0 spiro atoms. The minimum Gasteiger partial charge on any atom is -0.461 e. The highest BCUT2D eigenvalue weighted by Crippen LogP contribution is 2.58. The molecule has 0 radical (unpaired) electrons. The third-order valence-electron chi connectivity index (χ3n) is 4.66. The highest BCUT2D eigenvalue weighted by Gasteiger charge is 2.39. The first-order valence-corrected chi connectivity index (χ1v) is 12.3. The Hall–Kier alpha value is -2.61. The van der Waals surface area contributed by atoms with Crippen LogP contribution in [0.15, 0.2) is 35.1 Å². The lowest BCUT2D eigenvalue weighted by Crippen LogP contribution is -2.24. The summed E-state index contributed by atoms with van der Waals surface area (Å²) >= 11 is 0. The molecule has 2 aromatic carbocycles. The van der Waals surface area contributed by atoms with Gasteiger partial charge in [0.1, 0.15) is 11.8 Å². The summed E-state index contributed by atoms with van der Waals surface area (Å²) in [6.07, 6.45) is 0.435. The average molecular weight is 507 g/mol. The summed E-state index contributed by atoms with van der Waals surface area (Å²) < 4.78 is 91.6. The van der Waals surface area contributed by atoms with E-state index in [9.17, 15) is 26.7 Å². The van der Waals surface area contributed by atoms with E-state index in [0.29, 0.717) is 12.8 Å². The molecule has 0 aliphatic rings. The molecule has 0 aromatic heterocycles. The smallest absolute Gasteiger partial charge is 0.330 e. The summed E-state index contributed by atoms with van der Waals surface area (Å²) in [4.78, 5) is 12.5. The molecule has 11 heteroatoms. The Bertz CT molecular complexity index is 1040. The summed E-state index contributed by atoms with van der Waals surface area (Å²) in [7, 11) is -3.92. The first-order valence-electron chi connectivity index (χ1n) is 10.7. The van der Waals surface area contributed by atoms with Crippen LogP contribution in [0.3, 0.4) is 0 Å². The predicted molar refractivity (Wildman–Crippen MR) is 118 cm³/mol. The van der Waals surface area contributed by atoms with Gasteiger partial charge < -0.3 is 13.8 Å². The van der Waals surface area contributed by atoms with Crippen LogP contribution in [-0.4, -0.2) is 23.8 Å². The predicted octanol–water partition coefficient (Wildman–Crippen LogP) is 7.40. The van der Waals surface area contributed by atoms with E-state index < -0.39 is 66.1 Å². The van der Waals surface area contributed by atoms with E-state index in [4.69, 9.17) is 13.8 Å². The molecule has 0 saturated heterocycles. The van der Waals surface area contributed by atoms with E-state index >= 15 is 0 Å². The van der Waals surface area contributed by atoms with Crippen LogP contribution in [0.25, 0.3) is 0 Å². The molecule has 0 bridgehead atoms. The van der Waals surface area contributed by atoms with Gasteiger partial charge in [0.25, 0.3) is 0 Å². The van der Waals surface area contributed by atoms with E-state index in [-0.39, 0.29) is 5.75 Å². The molecule has 2 aromatic rings. The van der Waals surface area contributed by atoms with Gasteiger partial charge in [-0.1, -0.05) is 38.5 Å². The number of nitrogens with zero attached hydrogens (tertiary/aromatic N) is 1. The number of rotatable bonds is 10. The van der Waals surface area contributed by atoms with Gasteiger partial charge in [-0.2, -0.15) is 8.78 Å². The lowest BCUT2D eigenvalue weighted by molar-refractivity contribution is -0.148. The minimum atomic E-state index is -3.92. The topological polar surface area (TPSA) is 57.1 Å². The second-order valence-electron chi connectivity index (χ2n) is 7.87. The maximum atomic E-state index is 14.6. The minimum absolute atomic E-state index is 0.177. The molecule has 3 atom stereocenters. The van der Waals surface area contributed by atoms with Gasteiger partial charge in [0.05, 0.1) is 11.8 Å². The zero-order valence-electron chi connectivity index (χ0n) is 19.5. The van der Waals surface area contributed by atoms with Crippen molar-refractivity contribution in [2.75, 3.05) is 0 Å². The largest absolute Gasteiger partial charge is 0.461 e. The average Bonchev–Trinajstić information content (AvgIpc) is 2.79. The van der Waals surface area contributed by atoms with E-state index in [0.717, 1.165) is 0 Å². The molecule has 0 heterocycles. The zero-order valence-corrected chi connectivity index (χ0v) is 20.3. The van der Waals surface area contributed by atoms with Crippen molar-refractivity contribution < 1.29 is 40.5 Å². The number of ether oxygens (including phenoxy) is 1. The second-order valence-corrected chi connectivity index (χ2v) is 10.5. The first kappa shape index (κ1) is 27.6. The van der Waals surface area contributed by atoms with Crippen LogP contribution in [0, 0.1) is 29.1 Å². The lowest BCUT2D eigenvalue weighted by Gasteiger charge is -2.31. The summed E-state index contributed by atoms with van der Waals surface area (Å²) in [6, 6.07) is 6.73. The Kier molecular flexibility index (Phi) is 9.50. The van der Waals surface area contributed by atoms with E-state index in [1.165, 1.54) is 19.1 Å². The SMILES string of the molecule is CCCC(C)P(=NC(C)C(=O)OC(C)C)(Oc1ccccc1)Oc1c(F)c(F)c(F)c(F)c1F. The quantitative estimate of drug-likeness (QED) is 0.111. The number of hydrogen-bond acceptors (Lipinski definition) is 5. The van der Waals surface area contributed by atoms with Crippen molar-refractivity contribution in [3.8, 4) is 11.5 Å². The second kappa shape index (κ2) is 11.7. The number of carbonyl (C=O) groups is 1. The monoisotopic (exact) mass is 507 g/mol. The Labute approximate surface area is 195 Å². The van der Waals surface area contributed by atoms with Crippen molar-refractivity contribution >= 4 is 13.5 Å². The van der Waals surface area contributed by atoms with Crippen molar-refractivity contribution in [3.05, 3.63) is 59.4 Å². The molecule has 3 unspecified atom stereocenters. The molecule has 0 saturated carbocycles. The molecular weight excluding hydrogens is 480 g/mol. The normalized spacial score (nSPS) is 14.8. The van der Waals surface area contributed by atoms with Crippen LogP contribution >= 0.6 is 7.51 Å². The highest BCUT2D eigenvalue weighted by molar-refractivity contribution is 7.58. The number of esters is 1. The molecule has 0 fully saturated rings. The van der Waals surface area contributed by atoms with Crippen LogP contribution in [0.1, 0.15) is 47.5 Å². The van der Waals surface area contributed by atoms with E-state index in [1.54, 1.807) is 39.0 Å². The Morgan fingerprint density at radius 3 is 1.91 bits per heavy atom. The number of para-hydroxylation sites is 1. The lowest BCUT2D eigenvalue weighted by atomic mass is 10.3. The van der Waals surface area contributed by atoms with Gasteiger partial charge in [0.2, 0.25) is 34.8 Å². The maximum absolute atomic E-state index is 14.6. The van der Waals surface area contributed by atoms with Crippen LogP contribution in [-0.2, 0) is 9.53 Å². The number of hydrogen-bond donors (Lipinski definition) is 0. The molecular formula is C23H27F5NO4P. The molecule has 2 rings (SSSR count). The summed E-state index contributed by atoms with van der Waals surface area (Å²) in [5.74, 6) is -13.1. The molecule has 0 N–H and O–H groups in total. The molecule has 0 aliphatic heterocycles. The fourth-order valence-electron chi connectivity index (χ4n) is 2.99. The highest BCUT2D eigenvalue weighted by atomic mass is 31.2. The fraction of sp³-hybridized carbons (Fsp3) is 0.435. The molecule has 34 heavy (non-hydrogen) atoms. The van der Waals surface area contributed by atoms with Gasteiger partial charge >= 0.3 is 13.5 Å². The van der Waals surface area contributed by atoms with Crippen LogP contribution < -0.4 is 9.05 Å². The van der Waals surface area contributed by atoms with Gasteiger partial charge in [-0.3, -0.25) is 0 Å². The molecule has 188 valence electrons. The summed E-state index contributed by atoms with van der Waals surface area (Å²) in [5, 5.41) is 0. The van der Waals surface area contributed by atoms with Gasteiger partial charge in [0.15, 0.2) is 0 Å². The maximum Gasteiger partial charge on any atom is 0.330 e. The summed E-state index contributed by atoms with van der Waals surface area (Å²) in [5.41, 5.74) is -0.693. The van der Waals surface area contributed by atoms with Crippen molar-refractivity contribution in [1.82, 2.24) is 0 Å². The van der Waals surface area contributed by atoms with Crippen molar-refractivity contribution in [2.45, 2.75) is 65.3 Å². The standard InChI is InChI=1S/C23H27F5NO4P/c1-6-10-14(4)34(32-16-11-8-7-9-12-16,29-15(5)23(30)31-13(2)3)33-22-20(27)18(25)17(24)19(26)21(22)28/h7-9,11-15H,6,10H2,1-5H3. The third-order valence-corrected chi connectivity index (χ3v) is 7.62. The Morgan fingerprint density at radius 2 is 1.41 bits per heavy atom. The van der Waals surface area contributed by atoms with Crippen molar-refractivity contribution in [2.24, 2.45) is 4.74 Å². The zero-order chi connectivity index (χ0) is 25.6.